The highest BCUT2D eigenvalue weighted by atomic mass is 16.5. The molecule has 0 aromatic heterocycles. The number of carbonyl (C=O) groups excluding carboxylic acids is 2. The Morgan fingerprint density at radius 1 is 1.37 bits per heavy atom. The molecular weight excluding hydrogens is 244 g/mol. The van der Waals surface area contributed by atoms with Crippen molar-refractivity contribution in [3.63, 3.8) is 0 Å². The van der Waals surface area contributed by atoms with E-state index in [9.17, 15) is 9.59 Å². The summed E-state index contributed by atoms with van der Waals surface area (Å²) in [6.07, 6.45) is 0.497. The van der Waals surface area contributed by atoms with Crippen LogP contribution in [0.15, 0.2) is 24.3 Å². The Bertz CT molecular complexity index is 446. The fourth-order valence-corrected chi connectivity index (χ4v) is 1.63. The first-order chi connectivity index (χ1) is 9.02. The van der Waals surface area contributed by atoms with E-state index in [1.165, 1.54) is 4.90 Å². The molecule has 5 heteroatoms. The average Bonchev–Trinajstić information content (AvgIpc) is 2.36. The maximum atomic E-state index is 11.9. The summed E-state index contributed by atoms with van der Waals surface area (Å²) in [5, 5.41) is 0. The van der Waals surface area contributed by atoms with Crippen molar-refractivity contribution in [2.24, 2.45) is 0 Å². The third-order valence-electron chi connectivity index (χ3n) is 2.69. The van der Waals surface area contributed by atoms with Gasteiger partial charge in [0.1, 0.15) is 0 Å². The third kappa shape index (κ3) is 5.42. The van der Waals surface area contributed by atoms with Crippen molar-refractivity contribution in [1.82, 2.24) is 4.90 Å². The van der Waals surface area contributed by atoms with Crippen molar-refractivity contribution >= 4 is 17.6 Å². The molecule has 0 saturated heterocycles. The van der Waals surface area contributed by atoms with Gasteiger partial charge >= 0.3 is 5.97 Å². The molecule has 5 nitrogen and oxygen atoms in total. The summed E-state index contributed by atoms with van der Waals surface area (Å²) in [7, 11) is 1.67. The molecule has 0 atom stereocenters. The molecule has 1 rings (SSSR count). The highest BCUT2D eigenvalue weighted by Gasteiger charge is 2.11. The van der Waals surface area contributed by atoms with Crippen molar-refractivity contribution in [1.29, 1.82) is 0 Å². The van der Waals surface area contributed by atoms with Crippen LogP contribution in [0.25, 0.3) is 0 Å². The standard InChI is InChI=1S/C14H20N2O3/c1-3-19-14(18)7-8-16(2)13(17)10-11-5-4-6-12(15)9-11/h4-6,9H,3,7-8,10,15H2,1-2H3. The van der Waals surface area contributed by atoms with Crippen LogP contribution in [0.5, 0.6) is 0 Å². The van der Waals surface area contributed by atoms with Crippen LogP contribution in [0.3, 0.4) is 0 Å². The number of ether oxygens (including phenoxy) is 1. The molecule has 1 amide bonds. The SMILES string of the molecule is CCOC(=O)CCN(C)C(=O)Cc1cccc(N)c1. The third-order valence-corrected chi connectivity index (χ3v) is 2.69. The van der Waals surface area contributed by atoms with Crippen LogP contribution in [0, 0.1) is 0 Å². The monoisotopic (exact) mass is 264 g/mol. The van der Waals surface area contributed by atoms with Crippen molar-refractivity contribution in [2.45, 2.75) is 19.8 Å². The first kappa shape index (κ1) is 15.0. The molecule has 0 bridgehead atoms. The Morgan fingerprint density at radius 2 is 2.11 bits per heavy atom. The number of hydrogen-bond acceptors (Lipinski definition) is 4. The summed E-state index contributed by atoms with van der Waals surface area (Å²) < 4.78 is 4.81. The molecule has 104 valence electrons. The van der Waals surface area contributed by atoms with E-state index in [1.807, 2.05) is 12.1 Å². The van der Waals surface area contributed by atoms with E-state index < -0.39 is 0 Å². The van der Waals surface area contributed by atoms with Crippen molar-refractivity contribution < 1.29 is 14.3 Å². The topological polar surface area (TPSA) is 72.6 Å². The second-order valence-electron chi connectivity index (χ2n) is 4.29. The Hall–Kier alpha value is -2.04. The average molecular weight is 264 g/mol. The summed E-state index contributed by atoms with van der Waals surface area (Å²) in [6, 6.07) is 7.22. The molecule has 0 spiro atoms. The number of carbonyl (C=O) groups is 2. The minimum Gasteiger partial charge on any atom is -0.466 e. The van der Waals surface area contributed by atoms with Gasteiger partial charge < -0.3 is 15.4 Å². The first-order valence-corrected chi connectivity index (χ1v) is 6.27. The number of benzene rings is 1. The summed E-state index contributed by atoms with van der Waals surface area (Å²) in [5.74, 6) is -0.332. The largest absolute Gasteiger partial charge is 0.466 e. The van der Waals surface area contributed by atoms with E-state index in [1.54, 1.807) is 26.1 Å². The number of nitrogens with two attached hydrogens (primary N) is 1. The summed E-state index contributed by atoms with van der Waals surface area (Å²) in [5.41, 5.74) is 7.16. The van der Waals surface area contributed by atoms with Gasteiger partial charge in [-0.15, -0.1) is 0 Å². The normalized spacial score (nSPS) is 10.0. The van der Waals surface area contributed by atoms with Gasteiger partial charge in [-0.3, -0.25) is 9.59 Å². The molecule has 0 unspecified atom stereocenters. The lowest BCUT2D eigenvalue weighted by Gasteiger charge is -2.16. The van der Waals surface area contributed by atoms with Crippen molar-refractivity contribution in [3.8, 4) is 0 Å². The Labute approximate surface area is 113 Å². The van der Waals surface area contributed by atoms with E-state index in [-0.39, 0.29) is 24.7 Å². The molecule has 1 aromatic carbocycles. The molecule has 19 heavy (non-hydrogen) atoms. The Balaban J connectivity index is 2.42. The van der Waals surface area contributed by atoms with Gasteiger partial charge in [0.25, 0.3) is 0 Å². The minimum absolute atomic E-state index is 0.0464. The number of nitrogens with zero attached hydrogens (tertiary/aromatic N) is 1. The molecule has 0 heterocycles. The van der Waals surface area contributed by atoms with Gasteiger partial charge in [0.2, 0.25) is 5.91 Å². The van der Waals surface area contributed by atoms with Crippen LogP contribution in [0.1, 0.15) is 18.9 Å². The smallest absolute Gasteiger partial charge is 0.307 e. The van der Waals surface area contributed by atoms with E-state index >= 15 is 0 Å². The molecular formula is C14H20N2O3. The molecule has 1 aromatic rings. The number of esters is 1. The summed E-state index contributed by atoms with van der Waals surface area (Å²) >= 11 is 0. The minimum atomic E-state index is -0.286. The number of likely N-dealkylation sites (N-methyl/N-ethyl adjacent to an activating group) is 1. The predicted octanol–water partition coefficient (Wildman–Crippen LogP) is 1.22. The van der Waals surface area contributed by atoms with E-state index in [0.717, 1.165) is 5.56 Å². The molecule has 0 aliphatic heterocycles. The molecule has 0 saturated carbocycles. The predicted molar refractivity (Wildman–Crippen MR) is 73.4 cm³/mol. The van der Waals surface area contributed by atoms with Crippen LogP contribution < -0.4 is 5.73 Å². The van der Waals surface area contributed by atoms with Crippen molar-refractivity contribution in [3.05, 3.63) is 29.8 Å². The van der Waals surface area contributed by atoms with Crippen LogP contribution >= 0.6 is 0 Å². The van der Waals surface area contributed by atoms with E-state index in [2.05, 4.69) is 0 Å². The van der Waals surface area contributed by atoms with Crippen LogP contribution in [0.2, 0.25) is 0 Å². The van der Waals surface area contributed by atoms with Gasteiger partial charge in [-0.25, -0.2) is 0 Å². The van der Waals surface area contributed by atoms with Gasteiger partial charge in [-0.05, 0) is 24.6 Å². The zero-order valence-corrected chi connectivity index (χ0v) is 11.4. The van der Waals surface area contributed by atoms with Crippen LogP contribution in [-0.4, -0.2) is 37.0 Å². The maximum absolute atomic E-state index is 11.9. The molecule has 0 fully saturated rings. The summed E-state index contributed by atoms with van der Waals surface area (Å²) in [4.78, 5) is 24.7. The number of nitrogen functional groups attached to an aromatic ring is 1. The second-order valence-corrected chi connectivity index (χ2v) is 4.29. The first-order valence-electron chi connectivity index (χ1n) is 6.27. The molecule has 2 N–H and O–H groups in total. The zero-order chi connectivity index (χ0) is 14.3. The lowest BCUT2D eigenvalue weighted by molar-refractivity contribution is -0.143. The Morgan fingerprint density at radius 3 is 2.74 bits per heavy atom. The van der Waals surface area contributed by atoms with Gasteiger partial charge in [-0.1, -0.05) is 12.1 Å². The van der Waals surface area contributed by atoms with Gasteiger partial charge in [0.15, 0.2) is 0 Å². The zero-order valence-electron chi connectivity index (χ0n) is 11.4. The van der Waals surface area contributed by atoms with E-state index in [0.29, 0.717) is 18.8 Å². The fraction of sp³-hybridized carbons (Fsp3) is 0.429. The van der Waals surface area contributed by atoms with E-state index in [4.69, 9.17) is 10.5 Å². The maximum Gasteiger partial charge on any atom is 0.307 e. The second kappa shape index (κ2) is 7.41. The lowest BCUT2D eigenvalue weighted by atomic mass is 10.1. The fourth-order valence-electron chi connectivity index (χ4n) is 1.63. The van der Waals surface area contributed by atoms with Crippen molar-refractivity contribution in [2.75, 3.05) is 25.9 Å². The highest BCUT2D eigenvalue weighted by Crippen LogP contribution is 2.08. The van der Waals surface area contributed by atoms with Crippen LogP contribution in [-0.2, 0) is 20.7 Å². The molecule has 0 aliphatic rings. The number of anilines is 1. The molecule has 0 aliphatic carbocycles. The van der Waals surface area contributed by atoms with Crippen LogP contribution in [0.4, 0.5) is 5.69 Å². The molecule has 0 radical (unpaired) electrons. The number of hydrogen-bond donors (Lipinski definition) is 1. The van der Waals surface area contributed by atoms with Gasteiger partial charge in [0, 0.05) is 19.3 Å². The van der Waals surface area contributed by atoms with Gasteiger partial charge in [-0.2, -0.15) is 0 Å². The summed E-state index contributed by atoms with van der Waals surface area (Å²) in [6.45, 7) is 2.48. The number of amides is 1. The number of rotatable bonds is 6. The lowest BCUT2D eigenvalue weighted by Crippen LogP contribution is -2.30. The van der Waals surface area contributed by atoms with Gasteiger partial charge in [0.05, 0.1) is 19.4 Å². The Kier molecular flexibility index (Phi) is 5.85. The quantitative estimate of drug-likeness (QED) is 0.619. The highest BCUT2D eigenvalue weighted by molar-refractivity contribution is 5.79.